The first-order valence-electron chi connectivity index (χ1n) is 9.97. The van der Waals surface area contributed by atoms with E-state index in [9.17, 15) is 0 Å². The molecule has 1 fully saturated rings. The second-order valence-corrected chi connectivity index (χ2v) is 8.71. The van der Waals surface area contributed by atoms with Crippen molar-refractivity contribution in [1.29, 1.82) is 0 Å². The van der Waals surface area contributed by atoms with Crippen molar-refractivity contribution >= 4 is 33.1 Å². The molecular weight excluding hydrogens is 382 g/mol. The molecule has 0 atom stereocenters. The Balaban J connectivity index is 1.59. The van der Waals surface area contributed by atoms with E-state index >= 15 is 0 Å². The topological polar surface area (TPSA) is 62.6 Å². The maximum absolute atomic E-state index is 5.59. The van der Waals surface area contributed by atoms with Gasteiger partial charge in [0.15, 0.2) is 5.82 Å². The van der Waals surface area contributed by atoms with E-state index in [0.717, 1.165) is 52.7 Å². The highest BCUT2D eigenvalue weighted by Gasteiger charge is 2.15. The molecule has 1 aromatic carbocycles. The molecule has 7 heteroatoms. The molecule has 0 radical (unpaired) electrons. The number of hydrogen-bond donors (Lipinski definition) is 1. The van der Waals surface area contributed by atoms with Crippen LogP contribution >= 0.6 is 11.3 Å². The van der Waals surface area contributed by atoms with Crippen molar-refractivity contribution in [2.75, 3.05) is 25.6 Å². The number of aromatic nitrogens is 2. The molecule has 0 amide bonds. The van der Waals surface area contributed by atoms with Crippen LogP contribution in [0, 0.1) is 13.8 Å². The van der Waals surface area contributed by atoms with Crippen LogP contribution in [0.5, 0.6) is 5.75 Å². The third kappa shape index (κ3) is 4.11. The van der Waals surface area contributed by atoms with Gasteiger partial charge in [0.05, 0.1) is 18.2 Å². The Morgan fingerprint density at radius 3 is 2.79 bits per heavy atom. The lowest BCUT2D eigenvalue weighted by Crippen LogP contribution is -2.19. The van der Waals surface area contributed by atoms with Gasteiger partial charge in [0.25, 0.3) is 0 Å². The van der Waals surface area contributed by atoms with Gasteiger partial charge in [-0.3, -0.25) is 10.3 Å². The predicted molar refractivity (Wildman–Crippen MR) is 120 cm³/mol. The van der Waals surface area contributed by atoms with Crippen LogP contribution in [0.4, 0.5) is 5.82 Å². The van der Waals surface area contributed by atoms with Crippen molar-refractivity contribution in [3.05, 3.63) is 46.1 Å². The van der Waals surface area contributed by atoms with Crippen LogP contribution in [0.15, 0.2) is 29.6 Å². The lowest BCUT2D eigenvalue weighted by atomic mass is 10.1. The van der Waals surface area contributed by atoms with E-state index in [1.54, 1.807) is 24.8 Å². The van der Waals surface area contributed by atoms with Gasteiger partial charge < -0.3 is 4.74 Å². The summed E-state index contributed by atoms with van der Waals surface area (Å²) >= 11 is 1.69. The number of hydrogen-bond acceptors (Lipinski definition) is 7. The summed E-state index contributed by atoms with van der Waals surface area (Å²) in [7, 11) is 1.73. The largest absolute Gasteiger partial charge is 0.496 e. The number of likely N-dealkylation sites (tertiary alicyclic amines) is 1. The quantitative estimate of drug-likeness (QED) is 0.470. The molecule has 0 bridgehead atoms. The Morgan fingerprint density at radius 2 is 2.03 bits per heavy atom. The van der Waals surface area contributed by atoms with Crippen molar-refractivity contribution in [3.63, 3.8) is 0 Å². The maximum atomic E-state index is 5.59. The molecule has 1 aliphatic heterocycles. The summed E-state index contributed by atoms with van der Waals surface area (Å²) in [6.45, 7) is 9.46. The van der Waals surface area contributed by atoms with E-state index in [0.29, 0.717) is 0 Å². The number of hydrazone groups is 1. The molecule has 1 N–H and O–H groups in total. The first-order chi connectivity index (χ1) is 14.1. The molecule has 0 saturated carbocycles. The maximum Gasteiger partial charge on any atom is 0.158 e. The molecule has 0 spiro atoms. The fourth-order valence-corrected chi connectivity index (χ4v) is 4.77. The summed E-state index contributed by atoms with van der Waals surface area (Å²) in [6.07, 6.45) is 4.15. The third-order valence-electron chi connectivity index (χ3n) is 5.59. The highest BCUT2D eigenvalue weighted by atomic mass is 32.1. The van der Waals surface area contributed by atoms with Crippen molar-refractivity contribution in [2.45, 2.75) is 40.2 Å². The molecular formula is C22H27N5OS. The Kier molecular flexibility index (Phi) is 5.78. The van der Waals surface area contributed by atoms with E-state index in [1.165, 1.54) is 28.8 Å². The fraction of sp³-hybridized carbons (Fsp3) is 0.409. The second-order valence-electron chi connectivity index (χ2n) is 7.50. The highest BCUT2D eigenvalue weighted by molar-refractivity contribution is 7.18. The zero-order valence-electron chi connectivity index (χ0n) is 17.5. The number of ether oxygens (including phenoxy) is 1. The number of thiophene rings is 1. The van der Waals surface area contributed by atoms with E-state index in [2.05, 4.69) is 51.4 Å². The molecule has 2 aromatic heterocycles. The SMILES string of the molecule is COc1ccc(/C(C)=N\Nc2ncnc3sc(C)c(C)c23)cc1CN1CCCC1. The number of rotatable bonds is 6. The van der Waals surface area contributed by atoms with Crippen molar-refractivity contribution in [2.24, 2.45) is 5.10 Å². The lowest BCUT2D eigenvalue weighted by molar-refractivity contribution is 0.321. The van der Waals surface area contributed by atoms with Gasteiger partial charge in [-0.25, -0.2) is 9.97 Å². The van der Waals surface area contributed by atoms with Crippen LogP contribution in [-0.4, -0.2) is 40.8 Å². The van der Waals surface area contributed by atoms with E-state index < -0.39 is 0 Å². The van der Waals surface area contributed by atoms with Crippen molar-refractivity contribution < 1.29 is 4.74 Å². The number of fused-ring (bicyclic) bond motifs is 1. The van der Waals surface area contributed by atoms with Gasteiger partial charge in [0, 0.05) is 17.0 Å². The van der Waals surface area contributed by atoms with Crippen LogP contribution in [0.2, 0.25) is 0 Å². The predicted octanol–water partition coefficient (Wildman–Crippen LogP) is 4.75. The third-order valence-corrected chi connectivity index (χ3v) is 6.70. The number of nitrogens with one attached hydrogen (secondary N) is 1. The monoisotopic (exact) mass is 409 g/mol. The normalized spacial score (nSPS) is 15.2. The molecule has 6 nitrogen and oxygen atoms in total. The van der Waals surface area contributed by atoms with Gasteiger partial charge in [0.2, 0.25) is 0 Å². The summed E-state index contributed by atoms with van der Waals surface area (Å²) in [5, 5.41) is 5.67. The minimum absolute atomic E-state index is 0.752. The Bertz CT molecular complexity index is 1050. The Hall–Kier alpha value is -2.51. The number of aryl methyl sites for hydroxylation is 2. The molecule has 152 valence electrons. The molecule has 3 aromatic rings. The average molecular weight is 410 g/mol. The minimum Gasteiger partial charge on any atom is -0.496 e. The highest BCUT2D eigenvalue weighted by Crippen LogP contribution is 2.32. The first-order valence-corrected chi connectivity index (χ1v) is 10.8. The first kappa shape index (κ1) is 19.8. The Morgan fingerprint density at radius 1 is 1.24 bits per heavy atom. The summed E-state index contributed by atoms with van der Waals surface area (Å²) in [5.41, 5.74) is 7.56. The van der Waals surface area contributed by atoms with Gasteiger partial charge in [-0.2, -0.15) is 5.10 Å². The number of anilines is 1. The molecule has 1 saturated heterocycles. The smallest absolute Gasteiger partial charge is 0.158 e. The molecule has 0 aliphatic carbocycles. The average Bonchev–Trinajstić information content (AvgIpc) is 3.34. The standard InChI is InChI=1S/C22H27N5OS/c1-14-16(3)29-22-20(14)21(23-13-24-22)26-25-15(2)17-7-8-19(28-4)18(11-17)12-27-9-5-6-10-27/h7-8,11,13H,5-6,9-10,12H2,1-4H3,(H,23,24,26)/b25-15-. The summed E-state index contributed by atoms with van der Waals surface area (Å²) in [5.74, 6) is 1.69. The second kappa shape index (κ2) is 8.47. The number of methoxy groups -OCH3 is 1. The molecule has 3 heterocycles. The van der Waals surface area contributed by atoms with Gasteiger partial charge in [0.1, 0.15) is 16.9 Å². The Labute approximate surface area is 175 Å². The number of nitrogens with zero attached hydrogens (tertiary/aromatic N) is 4. The van der Waals surface area contributed by atoms with Gasteiger partial charge in [-0.1, -0.05) is 0 Å². The van der Waals surface area contributed by atoms with Gasteiger partial charge >= 0.3 is 0 Å². The molecule has 0 unspecified atom stereocenters. The van der Waals surface area contributed by atoms with Crippen LogP contribution in [0.3, 0.4) is 0 Å². The zero-order chi connectivity index (χ0) is 20.4. The lowest BCUT2D eigenvalue weighted by Gasteiger charge is -2.18. The summed E-state index contributed by atoms with van der Waals surface area (Å²) in [6, 6.07) is 6.28. The molecule has 29 heavy (non-hydrogen) atoms. The molecule has 4 rings (SSSR count). The van der Waals surface area contributed by atoms with Gasteiger partial charge in [-0.05, 0) is 76.0 Å². The van der Waals surface area contributed by atoms with E-state index in [-0.39, 0.29) is 0 Å². The molecule has 1 aliphatic rings. The van der Waals surface area contributed by atoms with E-state index in [4.69, 9.17) is 4.74 Å². The zero-order valence-corrected chi connectivity index (χ0v) is 18.3. The number of benzene rings is 1. The van der Waals surface area contributed by atoms with Crippen LogP contribution in [0.1, 0.15) is 41.3 Å². The van der Waals surface area contributed by atoms with Crippen LogP contribution < -0.4 is 10.2 Å². The van der Waals surface area contributed by atoms with Gasteiger partial charge in [-0.15, -0.1) is 11.3 Å². The minimum atomic E-state index is 0.752. The summed E-state index contributed by atoms with van der Waals surface area (Å²) in [4.78, 5) is 13.5. The van der Waals surface area contributed by atoms with Crippen LogP contribution in [0.25, 0.3) is 10.2 Å². The van der Waals surface area contributed by atoms with Crippen LogP contribution in [-0.2, 0) is 6.54 Å². The summed E-state index contributed by atoms with van der Waals surface area (Å²) < 4.78 is 5.59. The van der Waals surface area contributed by atoms with E-state index in [1.807, 2.05) is 13.0 Å². The van der Waals surface area contributed by atoms with Crippen molar-refractivity contribution in [1.82, 2.24) is 14.9 Å². The fourth-order valence-electron chi connectivity index (χ4n) is 3.78. The van der Waals surface area contributed by atoms with Crippen molar-refractivity contribution in [3.8, 4) is 5.75 Å².